The molecule has 0 bridgehead atoms. The first kappa shape index (κ1) is 10.7. The predicted octanol–water partition coefficient (Wildman–Crippen LogP) is 4.36. The van der Waals surface area contributed by atoms with E-state index in [0.717, 1.165) is 0 Å². The van der Waals surface area contributed by atoms with Gasteiger partial charge in [0, 0.05) is 15.7 Å². The van der Waals surface area contributed by atoms with Gasteiger partial charge in [-0.1, -0.05) is 22.0 Å². The van der Waals surface area contributed by atoms with Gasteiger partial charge in [0.2, 0.25) is 0 Å². The molecule has 1 heterocycles. The van der Waals surface area contributed by atoms with E-state index in [2.05, 4.69) is 67.2 Å². The molecular formula is C13H16BrN. The number of fused-ring (bicyclic) bond motifs is 1. The highest BCUT2D eigenvalue weighted by Crippen LogP contribution is 2.36. The van der Waals surface area contributed by atoms with Gasteiger partial charge in [0.15, 0.2) is 0 Å². The van der Waals surface area contributed by atoms with E-state index in [1.54, 1.807) is 0 Å². The Kier molecular flexibility index (Phi) is 2.42. The van der Waals surface area contributed by atoms with E-state index in [0.29, 0.717) is 0 Å². The first-order valence-corrected chi connectivity index (χ1v) is 5.96. The summed E-state index contributed by atoms with van der Waals surface area (Å²) in [7, 11) is 0. The van der Waals surface area contributed by atoms with Crippen molar-refractivity contribution in [1.29, 1.82) is 0 Å². The van der Waals surface area contributed by atoms with Crippen LogP contribution in [0.2, 0.25) is 0 Å². The van der Waals surface area contributed by atoms with Crippen molar-refractivity contribution in [1.82, 2.24) is 0 Å². The summed E-state index contributed by atoms with van der Waals surface area (Å²) in [5.41, 5.74) is 5.21. The van der Waals surface area contributed by atoms with Crippen LogP contribution in [0, 0.1) is 6.92 Å². The number of anilines is 1. The Balaban J connectivity index is 2.61. The molecule has 80 valence electrons. The molecule has 0 saturated heterocycles. The topological polar surface area (TPSA) is 12.0 Å². The van der Waals surface area contributed by atoms with E-state index < -0.39 is 0 Å². The Hall–Kier alpha value is -0.760. The van der Waals surface area contributed by atoms with Gasteiger partial charge in [0.25, 0.3) is 0 Å². The van der Waals surface area contributed by atoms with E-state index in [-0.39, 0.29) is 5.54 Å². The summed E-state index contributed by atoms with van der Waals surface area (Å²) in [6.45, 7) is 8.67. The monoisotopic (exact) mass is 265 g/mol. The summed E-state index contributed by atoms with van der Waals surface area (Å²) in [4.78, 5) is 0. The second-order valence-corrected chi connectivity index (χ2v) is 5.68. The average molecular weight is 266 g/mol. The first-order chi connectivity index (χ1) is 6.89. The van der Waals surface area contributed by atoms with Gasteiger partial charge in [-0.05, 0) is 51.0 Å². The first-order valence-electron chi connectivity index (χ1n) is 5.17. The standard InChI is InChI=1S/C13H16BrN/c1-8-5-10-9(2)7-13(3,4)15-12(10)6-11(8)14/h5-7,15H,1-4H3. The Bertz CT molecular complexity index is 444. The zero-order valence-electron chi connectivity index (χ0n) is 9.61. The second-order valence-electron chi connectivity index (χ2n) is 4.82. The van der Waals surface area contributed by atoms with E-state index in [1.165, 1.54) is 26.9 Å². The fraction of sp³-hybridized carbons (Fsp3) is 0.385. The Labute approximate surface area is 99.7 Å². The fourth-order valence-electron chi connectivity index (χ4n) is 2.11. The predicted molar refractivity (Wildman–Crippen MR) is 70.2 cm³/mol. The number of halogens is 1. The highest BCUT2D eigenvalue weighted by atomic mass is 79.9. The smallest absolute Gasteiger partial charge is 0.0505 e. The lowest BCUT2D eigenvalue weighted by molar-refractivity contribution is 0.707. The molecule has 1 aromatic rings. The van der Waals surface area contributed by atoms with E-state index in [1.807, 2.05) is 0 Å². The van der Waals surface area contributed by atoms with Gasteiger partial charge >= 0.3 is 0 Å². The second kappa shape index (κ2) is 3.38. The van der Waals surface area contributed by atoms with Crippen LogP contribution in [0.4, 0.5) is 5.69 Å². The molecule has 2 rings (SSSR count). The van der Waals surface area contributed by atoms with Gasteiger partial charge in [0.05, 0.1) is 5.54 Å². The van der Waals surface area contributed by atoms with E-state index in [4.69, 9.17) is 0 Å². The molecule has 1 aliphatic heterocycles. The van der Waals surface area contributed by atoms with Gasteiger partial charge in [-0.25, -0.2) is 0 Å². The number of aryl methyl sites for hydroxylation is 1. The molecule has 0 radical (unpaired) electrons. The van der Waals surface area contributed by atoms with Crippen molar-refractivity contribution in [3.63, 3.8) is 0 Å². The molecule has 2 heteroatoms. The Morgan fingerprint density at radius 3 is 2.53 bits per heavy atom. The highest BCUT2D eigenvalue weighted by molar-refractivity contribution is 9.10. The molecule has 1 aromatic carbocycles. The molecular weight excluding hydrogens is 250 g/mol. The molecule has 0 amide bonds. The third kappa shape index (κ3) is 1.96. The number of hydrogen-bond acceptors (Lipinski definition) is 1. The molecule has 0 aromatic heterocycles. The van der Waals surface area contributed by atoms with Crippen LogP contribution in [-0.2, 0) is 0 Å². The molecule has 1 nitrogen and oxygen atoms in total. The molecule has 1 aliphatic rings. The molecule has 1 N–H and O–H groups in total. The lowest BCUT2D eigenvalue weighted by Gasteiger charge is -2.31. The van der Waals surface area contributed by atoms with Gasteiger partial charge < -0.3 is 5.32 Å². The van der Waals surface area contributed by atoms with Gasteiger partial charge in [-0.3, -0.25) is 0 Å². The zero-order valence-corrected chi connectivity index (χ0v) is 11.2. The number of rotatable bonds is 0. The molecule has 0 saturated carbocycles. The van der Waals surface area contributed by atoms with Crippen LogP contribution in [0.15, 0.2) is 22.7 Å². The Morgan fingerprint density at radius 2 is 1.87 bits per heavy atom. The summed E-state index contributed by atoms with van der Waals surface area (Å²) >= 11 is 3.57. The van der Waals surface area contributed by atoms with Gasteiger partial charge in [-0.2, -0.15) is 0 Å². The minimum atomic E-state index is 0.0474. The van der Waals surface area contributed by atoms with Gasteiger partial charge in [-0.15, -0.1) is 0 Å². The van der Waals surface area contributed by atoms with Crippen molar-refractivity contribution in [3.05, 3.63) is 33.8 Å². The molecule has 0 aliphatic carbocycles. The normalized spacial score (nSPS) is 17.8. The largest absolute Gasteiger partial charge is 0.376 e. The summed E-state index contributed by atoms with van der Waals surface area (Å²) in [6.07, 6.45) is 2.28. The molecule has 0 unspecified atom stereocenters. The van der Waals surface area contributed by atoms with Crippen LogP contribution in [0.25, 0.3) is 5.57 Å². The molecule has 15 heavy (non-hydrogen) atoms. The van der Waals surface area contributed by atoms with Crippen LogP contribution in [0.3, 0.4) is 0 Å². The van der Waals surface area contributed by atoms with Crippen LogP contribution < -0.4 is 5.32 Å². The maximum Gasteiger partial charge on any atom is 0.0505 e. The van der Waals surface area contributed by atoms with Crippen molar-refractivity contribution >= 4 is 27.2 Å². The van der Waals surface area contributed by atoms with Crippen molar-refractivity contribution in [3.8, 4) is 0 Å². The number of hydrogen-bond donors (Lipinski definition) is 1. The quantitative estimate of drug-likeness (QED) is 0.735. The van der Waals surface area contributed by atoms with Crippen LogP contribution in [0.5, 0.6) is 0 Å². The van der Waals surface area contributed by atoms with Crippen molar-refractivity contribution < 1.29 is 0 Å². The van der Waals surface area contributed by atoms with Crippen molar-refractivity contribution in [2.24, 2.45) is 0 Å². The summed E-state index contributed by atoms with van der Waals surface area (Å²) in [5.74, 6) is 0. The number of nitrogens with one attached hydrogen (secondary N) is 1. The van der Waals surface area contributed by atoms with Crippen molar-refractivity contribution in [2.45, 2.75) is 33.2 Å². The molecule has 0 spiro atoms. The third-order valence-corrected chi connectivity index (χ3v) is 3.61. The summed E-state index contributed by atoms with van der Waals surface area (Å²) < 4.78 is 1.17. The number of allylic oxidation sites excluding steroid dienone is 1. The third-order valence-electron chi connectivity index (χ3n) is 2.76. The van der Waals surface area contributed by atoms with Crippen LogP contribution in [0.1, 0.15) is 31.9 Å². The summed E-state index contributed by atoms with van der Waals surface area (Å²) in [6, 6.07) is 4.40. The molecule has 0 fully saturated rings. The average Bonchev–Trinajstić information content (AvgIpc) is 2.07. The van der Waals surface area contributed by atoms with Crippen LogP contribution in [-0.4, -0.2) is 5.54 Å². The summed E-state index contributed by atoms with van der Waals surface area (Å²) in [5, 5.41) is 3.53. The lowest BCUT2D eigenvalue weighted by atomic mass is 9.90. The van der Waals surface area contributed by atoms with E-state index in [9.17, 15) is 0 Å². The SMILES string of the molecule is CC1=CC(C)(C)Nc2cc(Br)c(C)cc21. The van der Waals surface area contributed by atoms with E-state index >= 15 is 0 Å². The maximum atomic E-state index is 3.57. The maximum absolute atomic E-state index is 3.57. The van der Waals surface area contributed by atoms with Gasteiger partial charge in [0.1, 0.15) is 0 Å². The minimum absolute atomic E-state index is 0.0474. The van der Waals surface area contributed by atoms with Crippen LogP contribution >= 0.6 is 15.9 Å². The number of benzene rings is 1. The zero-order chi connectivity index (χ0) is 11.2. The molecule has 0 atom stereocenters. The lowest BCUT2D eigenvalue weighted by Crippen LogP contribution is -2.31. The highest BCUT2D eigenvalue weighted by Gasteiger charge is 2.22. The fourth-order valence-corrected chi connectivity index (χ4v) is 2.46. The Morgan fingerprint density at radius 1 is 1.20 bits per heavy atom. The minimum Gasteiger partial charge on any atom is -0.376 e. The van der Waals surface area contributed by atoms with Crippen molar-refractivity contribution in [2.75, 3.05) is 5.32 Å².